The van der Waals surface area contributed by atoms with Crippen molar-refractivity contribution in [2.75, 3.05) is 7.11 Å². The maximum absolute atomic E-state index is 10.7. The van der Waals surface area contributed by atoms with Gasteiger partial charge in [0.2, 0.25) is 0 Å². The van der Waals surface area contributed by atoms with E-state index < -0.39 is 0 Å². The van der Waals surface area contributed by atoms with Crippen LogP contribution in [0.3, 0.4) is 0 Å². The molecule has 0 saturated carbocycles. The molecule has 70 valence electrons. The summed E-state index contributed by atoms with van der Waals surface area (Å²) in [5.41, 5.74) is 0. The van der Waals surface area contributed by atoms with Crippen LogP contribution in [-0.4, -0.2) is 19.0 Å². The monoisotopic (exact) mass is 170 g/mol. The summed E-state index contributed by atoms with van der Waals surface area (Å²) in [7, 11) is 1.65. The molecule has 0 radical (unpaired) electrons. The molecule has 0 bridgehead atoms. The molecule has 2 nitrogen and oxygen atoms in total. The van der Waals surface area contributed by atoms with Gasteiger partial charge >= 0.3 is 0 Å². The second kappa shape index (κ2) is 7.04. The zero-order valence-corrected chi connectivity index (χ0v) is 8.17. The molecule has 0 fully saturated rings. The average molecular weight is 170 g/mol. The number of carbonyl (C=O) groups excluding carboxylic acids is 1. The molecular formula is C10H18O2. The van der Waals surface area contributed by atoms with E-state index in [0.29, 0.717) is 6.42 Å². The van der Waals surface area contributed by atoms with Crippen LogP contribution < -0.4 is 0 Å². The number of hydrogen-bond acceptors (Lipinski definition) is 2. The van der Waals surface area contributed by atoms with Crippen molar-refractivity contribution < 1.29 is 9.53 Å². The Morgan fingerprint density at radius 3 is 2.58 bits per heavy atom. The molecule has 0 aliphatic carbocycles. The molecule has 0 aromatic carbocycles. The van der Waals surface area contributed by atoms with Crippen LogP contribution in [0.15, 0.2) is 12.2 Å². The number of ether oxygens (including phenoxy) is 1. The first-order chi connectivity index (χ1) is 5.70. The van der Waals surface area contributed by atoms with Gasteiger partial charge in [-0.3, -0.25) is 4.79 Å². The van der Waals surface area contributed by atoms with E-state index in [1.165, 1.54) is 0 Å². The van der Waals surface area contributed by atoms with Gasteiger partial charge in [-0.15, -0.1) is 0 Å². The molecule has 0 aromatic heterocycles. The molecule has 0 aliphatic rings. The van der Waals surface area contributed by atoms with Crippen LogP contribution in [-0.2, 0) is 9.53 Å². The molecule has 0 aliphatic heterocycles. The van der Waals surface area contributed by atoms with Crippen molar-refractivity contribution in [2.45, 2.75) is 39.2 Å². The Balaban J connectivity index is 3.67. The van der Waals surface area contributed by atoms with Gasteiger partial charge in [0.15, 0.2) is 0 Å². The minimum absolute atomic E-state index is 0.0605. The molecule has 0 saturated heterocycles. The van der Waals surface area contributed by atoms with Gasteiger partial charge in [-0.1, -0.05) is 19.1 Å². The number of allylic oxidation sites excluding steroid dienone is 1. The van der Waals surface area contributed by atoms with Crippen LogP contribution in [0.2, 0.25) is 0 Å². The van der Waals surface area contributed by atoms with E-state index in [2.05, 4.69) is 19.1 Å². The Morgan fingerprint density at radius 1 is 1.50 bits per heavy atom. The van der Waals surface area contributed by atoms with E-state index in [1.807, 2.05) is 0 Å². The van der Waals surface area contributed by atoms with Crippen LogP contribution in [0.1, 0.15) is 33.1 Å². The molecule has 0 aromatic rings. The summed E-state index contributed by atoms with van der Waals surface area (Å²) in [4.78, 5) is 10.7. The minimum atomic E-state index is 0.0605. The van der Waals surface area contributed by atoms with Crippen LogP contribution in [0, 0.1) is 0 Å². The lowest BCUT2D eigenvalue weighted by Crippen LogP contribution is -2.13. The highest BCUT2D eigenvalue weighted by molar-refractivity contribution is 5.75. The summed E-state index contributed by atoms with van der Waals surface area (Å²) >= 11 is 0. The molecule has 0 amide bonds. The number of rotatable bonds is 6. The largest absolute Gasteiger partial charge is 0.381 e. The fourth-order valence-corrected chi connectivity index (χ4v) is 0.998. The highest BCUT2D eigenvalue weighted by Crippen LogP contribution is 2.04. The lowest BCUT2D eigenvalue weighted by molar-refractivity contribution is -0.119. The lowest BCUT2D eigenvalue weighted by Gasteiger charge is -2.10. The van der Waals surface area contributed by atoms with E-state index in [-0.39, 0.29) is 11.9 Å². The third kappa shape index (κ3) is 6.10. The number of ketones is 1. The fraction of sp³-hybridized carbons (Fsp3) is 0.700. The number of carbonyl (C=O) groups is 1. The van der Waals surface area contributed by atoms with E-state index in [9.17, 15) is 4.79 Å². The summed E-state index contributed by atoms with van der Waals surface area (Å²) in [6.45, 7) is 3.68. The predicted octanol–water partition coefficient (Wildman–Crippen LogP) is 2.34. The molecule has 0 heterocycles. The topological polar surface area (TPSA) is 26.3 Å². The highest BCUT2D eigenvalue weighted by atomic mass is 16.5. The smallest absolute Gasteiger partial charge is 0.132 e. The minimum Gasteiger partial charge on any atom is -0.381 e. The van der Waals surface area contributed by atoms with Crippen molar-refractivity contribution in [1.29, 1.82) is 0 Å². The van der Waals surface area contributed by atoms with E-state index in [0.717, 1.165) is 12.8 Å². The van der Waals surface area contributed by atoms with E-state index in [4.69, 9.17) is 4.74 Å². The van der Waals surface area contributed by atoms with Crippen molar-refractivity contribution in [3.63, 3.8) is 0 Å². The molecule has 1 atom stereocenters. The molecule has 0 spiro atoms. The third-order valence-corrected chi connectivity index (χ3v) is 1.65. The van der Waals surface area contributed by atoms with Crippen molar-refractivity contribution in [3.8, 4) is 0 Å². The van der Waals surface area contributed by atoms with Crippen LogP contribution in [0.5, 0.6) is 0 Å². The Labute approximate surface area is 74.6 Å². The Bertz CT molecular complexity index is 150. The Kier molecular flexibility index (Phi) is 6.67. The summed E-state index contributed by atoms with van der Waals surface area (Å²) in [6.07, 6.45) is 6.61. The quantitative estimate of drug-likeness (QED) is 0.572. The second-order valence-corrected chi connectivity index (χ2v) is 2.88. The van der Waals surface area contributed by atoms with E-state index >= 15 is 0 Å². The van der Waals surface area contributed by atoms with Gasteiger partial charge < -0.3 is 4.74 Å². The molecule has 12 heavy (non-hydrogen) atoms. The van der Waals surface area contributed by atoms with Crippen molar-refractivity contribution in [2.24, 2.45) is 0 Å². The summed E-state index contributed by atoms with van der Waals surface area (Å²) in [5.74, 6) is 0.187. The molecular weight excluding hydrogens is 152 g/mol. The van der Waals surface area contributed by atoms with Crippen molar-refractivity contribution in [3.05, 3.63) is 12.2 Å². The summed E-state index contributed by atoms with van der Waals surface area (Å²) < 4.78 is 5.14. The third-order valence-electron chi connectivity index (χ3n) is 1.65. The van der Waals surface area contributed by atoms with Crippen molar-refractivity contribution in [1.82, 2.24) is 0 Å². The first-order valence-corrected chi connectivity index (χ1v) is 4.38. The van der Waals surface area contributed by atoms with Gasteiger partial charge in [0.25, 0.3) is 0 Å². The first-order valence-electron chi connectivity index (χ1n) is 4.38. The first kappa shape index (κ1) is 11.4. The molecule has 2 heteroatoms. The van der Waals surface area contributed by atoms with Crippen LogP contribution >= 0.6 is 0 Å². The van der Waals surface area contributed by atoms with Gasteiger partial charge in [-0.25, -0.2) is 0 Å². The van der Waals surface area contributed by atoms with Gasteiger partial charge in [0.05, 0.1) is 6.10 Å². The number of Topliss-reactive ketones (excluding diaryl/α,β-unsaturated/α-hetero) is 1. The molecule has 1 unspecified atom stereocenters. The zero-order chi connectivity index (χ0) is 9.40. The molecule has 0 rings (SSSR count). The normalized spacial score (nSPS) is 13.6. The van der Waals surface area contributed by atoms with Gasteiger partial charge in [-0.05, 0) is 19.8 Å². The maximum atomic E-state index is 10.7. The Morgan fingerprint density at radius 2 is 2.17 bits per heavy atom. The standard InChI is InChI=1S/C10H18O2/c1-4-5-6-7-10(12-3)8-9(2)11/h5-6,10H,4,7-8H2,1-3H3. The zero-order valence-electron chi connectivity index (χ0n) is 8.17. The second-order valence-electron chi connectivity index (χ2n) is 2.88. The SMILES string of the molecule is CCC=CCC(CC(C)=O)OC. The van der Waals surface area contributed by atoms with Gasteiger partial charge in [-0.2, -0.15) is 0 Å². The maximum Gasteiger partial charge on any atom is 0.132 e. The number of methoxy groups -OCH3 is 1. The molecule has 0 N–H and O–H groups in total. The summed E-state index contributed by atoms with van der Waals surface area (Å²) in [6, 6.07) is 0. The van der Waals surface area contributed by atoms with Gasteiger partial charge in [0, 0.05) is 13.5 Å². The van der Waals surface area contributed by atoms with Crippen LogP contribution in [0.25, 0.3) is 0 Å². The lowest BCUT2D eigenvalue weighted by atomic mass is 10.1. The number of hydrogen-bond donors (Lipinski definition) is 0. The Hall–Kier alpha value is -0.630. The highest BCUT2D eigenvalue weighted by Gasteiger charge is 2.07. The predicted molar refractivity (Wildman–Crippen MR) is 50.1 cm³/mol. The van der Waals surface area contributed by atoms with E-state index in [1.54, 1.807) is 14.0 Å². The van der Waals surface area contributed by atoms with Gasteiger partial charge in [0.1, 0.15) is 5.78 Å². The summed E-state index contributed by atoms with van der Waals surface area (Å²) in [5, 5.41) is 0. The van der Waals surface area contributed by atoms with Crippen molar-refractivity contribution >= 4 is 5.78 Å². The average Bonchev–Trinajstić information content (AvgIpc) is 2.02. The fourth-order valence-electron chi connectivity index (χ4n) is 0.998. The van der Waals surface area contributed by atoms with Crippen LogP contribution in [0.4, 0.5) is 0 Å².